The molecule has 4 heterocycles. The van der Waals surface area contributed by atoms with E-state index in [4.69, 9.17) is 29.4 Å². The van der Waals surface area contributed by atoms with E-state index in [2.05, 4.69) is 20.2 Å². The van der Waals surface area contributed by atoms with E-state index >= 15 is 0 Å². The monoisotopic (exact) mass is 469 g/mol. The molecule has 3 aliphatic rings. The zero-order valence-corrected chi connectivity index (χ0v) is 19.0. The summed E-state index contributed by atoms with van der Waals surface area (Å²) >= 11 is 0. The number of carbonyl (C=O) groups is 1. The highest BCUT2D eigenvalue weighted by Gasteiger charge is 2.33. The van der Waals surface area contributed by atoms with Crippen LogP contribution >= 0.6 is 0 Å². The molecule has 3 N–H and O–H groups in total. The van der Waals surface area contributed by atoms with Gasteiger partial charge in [0.15, 0.2) is 11.5 Å². The molecule has 1 amide bonds. The summed E-state index contributed by atoms with van der Waals surface area (Å²) in [6.07, 6.45) is 2.15. The number of oxazole rings is 1. The number of aliphatic imine (C=N–C) groups is 2. The number of fused-ring (bicyclic) bond motifs is 3. The Morgan fingerprint density at radius 3 is 2.88 bits per heavy atom. The highest BCUT2D eigenvalue weighted by molar-refractivity contribution is 6.19. The Hall–Kier alpha value is -3.64. The van der Waals surface area contributed by atoms with Crippen molar-refractivity contribution in [3.63, 3.8) is 0 Å². The summed E-state index contributed by atoms with van der Waals surface area (Å²) < 4.78 is 22.3. The summed E-state index contributed by atoms with van der Waals surface area (Å²) in [5, 5.41) is 2.77. The van der Waals surface area contributed by atoms with Gasteiger partial charge in [-0.05, 0) is 18.6 Å². The highest BCUT2D eigenvalue weighted by Crippen LogP contribution is 2.43. The molecule has 0 unspecified atom stereocenters. The number of guanidine groups is 1. The third-order valence-corrected chi connectivity index (χ3v) is 5.81. The largest absolute Gasteiger partial charge is 0.491 e. The smallest absolute Gasteiger partial charge is 0.295 e. The van der Waals surface area contributed by atoms with Crippen molar-refractivity contribution in [3.8, 4) is 11.5 Å². The first kappa shape index (κ1) is 22.2. The average molecular weight is 470 g/mol. The maximum Gasteiger partial charge on any atom is 0.295 e. The van der Waals surface area contributed by atoms with Crippen LogP contribution in [0, 0.1) is 0 Å². The van der Waals surface area contributed by atoms with E-state index in [1.807, 2.05) is 17.0 Å². The molecule has 0 saturated carbocycles. The molecule has 34 heavy (non-hydrogen) atoms. The van der Waals surface area contributed by atoms with Crippen LogP contribution in [-0.4, -0.2) is 92.1 Å². The van der Waals surface area contributed by atoms with E-state index in [0.717, 1.165) is 50.7 Å². The quantitative estimate of drug-likeness (QED) is 0.565. The van der Waals surface area contributed by atoms with Gasteiger partial charge in [-0.15, -0.1) is 0 Å². The first-order valence-corrected chi connectivity index (χ1v) is 11.2. The number of hydrogen-bond donors (Lipinski definition) is 2. The van der Waals surface area contributed by atoms with Crippen LogP contribution in [0.25, 0.3) is 0 Å². The van der Waals surface area contributed by atoms with Crippen molar-refractivity contribution in [3.05, 3.63) is 29.7 Å². The zero-order valence-electron chi connectivity index (χ0n) is 19.0. The Morgan fingerprint density at radius 1 is 1.26 bits per heavy atom. The van der Waals surface area contributed by atoms with Crippen molar-refractivity contribution in [2.45, 2.75) is 6.42 Å². The van der Waals surface area contributed by atoms with E-state index in [1.165, 1.54) is 6.20 Å². The number of hydrogen-bond acceptors (Lipinski definition) is 11. The fourth-order valence-electron chi connectivity index (χ4n) is 4.15. The number of carbonyl (C=O) groups excluding carboxylic acids is 1. The standard InChI is InChI=1S/C22H27N7O5/c1-31-18-15(33-10-2-6-28-8-11-32-12-9-28)4-3-14-17(18)26-22(29-7-5-24-19(14)29)27-20(30)16-13-25-21(23)34-16/h3-4,13H,2,5-12H2,1H3,(H2,23,25)(H,26,27,30). The van der Waals surface area contributed by atoms with Crippen LogP contribution in [-0.2, 0) is 4.74 Å². The number of ether oxygens (including phenoxy) is 3. The van der Waals surface area contributed by atoms with Crippen molar-refractivity contribution in [1.82, 2.24) is 20.1 Å². The molecule has 0 bridgehead atoms. The number of morpholine rings is 1. The molecule has 180 valence electrons. The van der Waals surface area contributed by atoms with Crippen LogP contribution in [0.3, 0.4) is 0 Å². The van der Waals surface area contributed by atoms with Crippen molar-refractivity contribution in [1.29, 1.82) is 0 Å². The molecule has 2 aromatic rings. The Morgan fingerprint density at radius 2 is 2.12 bits per heavy atom. The first-order valence-electron chi connectivity index (χ1n) is 11.2. The van der Waals surface area contributed by atoms with Gasteiger partial charge in [0.05, 0.1) is 39.7 Å². The number of amides is 1. The van der Waals surface area contributed by atoms with Gasteiger partial charge < -0.3 is 24.4 Å². The minimum absolute atomic E-state index is 0.00648. The molecule has 1 fully saturated rings. The Labute approximate surface area is 196 Å². The lowest BCUT2D eigenvalue weighted by atomic mass is 10.1. The molecule has 12 nitrogen and oxygen atoms in total. The van der Waals surface area contributed by atoms with Crippen molar-refractivity contribution < 1.29 is 23.4 Å². The first-order chi connectivity index (χ1) is 16.6. The minimum atomic E-state index is -0.507. The molecule has 12 heteroatoms. The minimum Gasteiger partial charge on any atom is -0.491 e. The molecule has 5 rings (SSSR count). The molecule has 0 atom stereocenters. The van der Waals surface area contributed by atoms with Gasteiger partial charge in [-0.1, -0.05) is 0 Å². The number of benzene rings is 1. The van der Waals surface area contributed by atoms with E-state index in [1.54, 1.807) is 7.11 Å². The molecular formula is C22H27N7O5. The number of aromatic nitrogens is 1. The second-order valence-electron chi connectivity index (χ2n) is 7.96. The van der Waals surface area contributed by atoms with Gasteiger partial charge in [-0.3, -0.25) is 24.9 Å². The lowest BCUT2D eigenvalue weighted by Gasteiger charge is -2.28. The summed E-state index contributed by atoms with van der Waals surface area (Å²) in [7, 11) is 1.57. The number of nitrogens with zero attached hydrogens (tertiary/aromatic N) is 5. The van der Waals surface area contributed by atoms with Gasteiger partial charge in [0, 0.05) is 31.7 Å². The van der Waals surface area contributed by atoms with E-state index in [-0.39, 0.29) is 11.8 Å². The van der Waals surface area contributed by atoms with Crippen LogP contribution in [0.15, 0.2) is 32.7 Å². The van der Waals surface area contributed by atoms with Crippen LogP contribution in [0.5, 0.6) is 11.5 Å². The van der Waals surface area contributed by atoms with E-state index in [0.29, 0.717) is 42.8 Å². The van der Waals surface area contributed by atoms with Gasteiger partial charge in [-0.2, -0.15) is 0 Å². The molecular weight excluding hydrogens is 442 g/mol. The fraction of sp³-hybridized carbons (Fsp3) is 0.455. The number of anilines is 1. The maximum absolute atomic E-state index is 12.6. The third kappa shape index (κ3) is 4.41. The lowest BCUT2D eigenvalue weighted by molar-refractivity contribution is 0.0357. The number of methoxy groups -OCH3 is 1. The summed E-state index contributed by atoms with van der Waals surface area (Å²) in [6.45, 7) is 6.12. The summed E-state index contributed by atoms with van der Waals surface area (Å²) in [5.41, 5.74) is 6.86. The topological polar surface area (TPSA) is 140 Å². The lowest BCUT2D eigenvalue weighted by Crippen LogP contribution is -2.47. The van der Waals surface area contributed by atoms with Crippen molar-refractivity contribution in [2.24, 2.45) is 9.98 Å². The average Bonchev–Trinajstić information content (AvgIpc) is 3.52. The van der Waals surface area contributed by atoms with Crippen molar-refractivity contribution in [2.75, 3.05) is 65.4 Å². The second-order valence-corrected chi connectivity index (χ2v) is 7.96. The predicted octanol–water partition coefficient (Wildman–Crippen LogP) is 0.860. The number of rotatable bonds is 7. The van der Waals surface area contributed by atoms with Crippen molar-refractivity contribution >= 4 is 29.4 Å². The van der Waals surface area contributed by atoms with Crippen LogP contribution < -0.4 is 20.5 Å². The molecule has 0 aliphatic carbocycles. The van der Waals surface area contributed by atoms with Gasteiger partial charge in [0.25, 0.3) is 11.9 Å². The maximum atomic E-state index is 12.6. The van der Waals surface area contributed by atoms with E-state index < -0.39 is 5.91 Å². The number of nitrogens with one attached hydrogen (secondary N) is 1. The normalized spacial score (nSPS) is 17.5. The Kier molecular flexibility index (Phi) is 6.32. The number of amidine groups is 1. The van der Waals surface area contributed by atoms with Gasteiger partial charge in [0.1, 0.15) is 11.5 Å². The highest BCUT2D eigenvalue weighted by atomic mass is 16.5. The Bertz CT molecular complexity index is 1120. The van der Waals surface area contributed by atoms with Crippen LogP contribution in [0.4, 0.5) is 11.7 Å². The van der Waals surface area contributed by atoms with Gasteiger partial charge in [0.2, 0.25) is 11.7 Å². The number of nitrogen functional groups attached to an aromatic ring is 1. The molecule has 1 saturated heterocycles. The predicted molar refractivity (Wildman–Crippen MR) is 124 cm³/mol. The van der Waals surface area contributed by atoms with Crippen LogP contribution in [0.2, 0.25) is 0 Å². The summed E-state index contributed by atoms with van der Waals surface area (Å²) in [4.78, 5) is 29.9. The fourth-order valence-corrected chi connectivity index (χ4v) is 4.15. The third-order valence-electron chi connectivity index (χ3n) is 5.81. The Balaban J connectivity index is 1.35. The number of nitrogens with two attached hydrogens (primary N) is 1. The van der Waals surface area contributed by atoms with Crippen LogP contribution in [0.1, 0.15) is 22.5 Å². The second kappa shape index (κ2) is 9.69. The van der Waals surface area contributed by atoms with Gasteiger partial charge in [-0.25, -0.2) is 9.98 Å². The van der Waals surface area contributed by atoms with Gasteiger partial charge >= 0.3 is 0 Å². The van der Waals surface area contributed by atoms with E-state index in [9.17, 15) is 4.79 Å². The molecule has 1 aromatic heterocycles. The zero-order chi connectivity index (χ0) is 23.5. The molecule has 0 spiro atoms. The summed E-state index contributed by atoms with van der Waals surface area (Å²) in [6, 6.07) is 3.72. The molecule has 1 aromatic carbocycles. The summed E-state index contributed by atoms with van der Waals surface area (Å²) in [5.74, 6) is 1.61. The SMILES string of the molecule is COc1c(OCCCN2CCOCC2)ccc2c1N=C(NC(=O)c1cnc(N)o1)N1CCN=C21. The molecule has 0 radical (unpaired) electrons. The molecule has 3 aliphatic heterocycles.